The molecule has 2 saturated heterocycles. The van der Waals surface area contributed by atoms with E-state index in [9.17, 15) is 19.5 Å². The third-order valence-corrected chi connectivity index (χ3v) is 6.36. The largest absolute Gasteiger partial charge is 0.478 e. The molecule has 1 aromatic rings. The maximum absolute atomic E-state index is 12.9. The number of carboxylic acid groups (broad SMARTS) is 1. The fourth-order valence-corrected chi connectivity index (χ4v) is 4.68. The van der Waals surface area contributed by atoms with Crippen LogP contribution in [0.25, 0.3) is 0 Å². The van der Waals surface area contributed by atoms with E-state index in [0.29, 0.717) is 32.5 Å². The van der Waals surface area contributed by atoms with Gasteiger partial charge in [-0.05, 0) is 30.6 Å². The van der Waals surface area contributed by atoms with E-state index in [2.05, 4.69) is 11.9 Å². The zero-order valence-corrected chi connectivity index (χ0v) is 17.4. The molecule has 2 heterocycles. The average molecular weight is 418 g/mol. The Morgan fingerprint density at radius 3 is 2.55 bits per heavy atom. The summed E-state index contributed by atoms with van der Waals surface area (Å²) in [6.07, 6.45) is 5.73. The van der Waals surface area contributed by atoms with E-state index in [1.54, 1.807) is 40.9 Å². The standard InChI is InChI=1S/C21H27N3O4S/c1-3-11-24-19(26)17(8-14-29-2)22-21(24)9-12-23(13-10-21)18(25)15-6-4-5-7-16(15)20(27)28/h3-7,17,22H,1,8-14H2,2H3,(H,27,28). The first kappa shape index (κ1) is 21.4. The number of piperidine rings is 1. The number of rotatable bonds is 7. The van der Waals surface area contributed by atoms with Crippen molar-refractivity contribution in [2.45, 2.75) is 31.0 Å². The van der Waals surface area contributed by atoms with Gasteiger partial charge in [0.1, 0.15) is 0 Å². The van der Waals surface area contributed by atoms with Crippen molar-refractivity contribution in [2.24, 2.45) is 0 Å². The minimum absolute atomic E-state index is 0.0115. The fraction of sp³-hybridized carbons (Fsp3) is 0.476. The highest BCUT2D eigenvalue weighted by Gasteiger charge is 2.51. The Morgan fingerprint density at radius 2 is 1.97 bits per heavy atom. The number of carboxylic acids is 1. The molecule has 2 fully saturated rings. The van der Waals surface area contributed by atoms with Crippen LogP contribution < -0.4 is 5.32 Å². The van der Waals surface area contributed by atoms with Gasteiger partial charge in [-0.2, -0.15) is 11.8 Å². The van der Waals surface area contributed by atoms with Gasteiger partial charge in [-0.3, -0.25) is 14.9 Å². The summed E-state index contributed by atoms with van der Waals surface area (Å²) in [5.74, 6) is -0.400. The van der Waals surface area contributed by atoms with E-state index in [1.807, 2.05) is 11.2 Å². The molecule has 0 bridgehead atoms. The molecule has 0 aromatic heterocycles. The molecule has 1 unspecified atom stereocenters. The van der Waals surface area contributed by atoms with E-state index in [1.165, 1.54) is 6.07 Å². The van der Waals surface area contributed by atoms with E-state index >= 15 is 0 Å². The molecule has 2 aliphatic rings. The Labute approximate surface area is 175 Å². The molecule has 156 valence electrons. The van der Waals surface area contributed by atoms with Crippen LogP contribution in [0.5, 0.6) is 0 Å². The number of hydrogen-bond acceptors (Lipinski definition) is 5. The smallest absolute Gasteiger partial charge is 0.336 e. The SMILES string of the molecule is C=CCN1C(=O)C(CCSC)NC12CCN(C(=O)c1ccccc1C(=O)O)CC2. The number of nitrogens with zero attached hydrogens (tertiary/aromatic N) is 2. The van der Waals surface area contributed by atoms with Gasteiger partial charge in [-0.1, -0.05) is 18.2 Å². The Balaban J connectivity index is 1.74. The summed E-state index contributed by atoms with van der Waals surface area (Å²) >= 11 is 1.71. The molecule has 3 rings (SSSR count). The maximum Gasteiger partial charge on any atom is 0.336 e. The summed E-state index contributed by atoms with van der Waals surface area (Å²) in [7, 11) is 0. The van der Waals surface area contributed by atoms with Gasteiger partial charge in [-0.25, -0.2) is 4.79 Å². The Hall–Kier alpha value is -2.32. The molecule has 0 aliphatic carbocycles. The first-order valence-corrected chi connectivity index (χ1v) is 11.1. The normalized spacial score (nSPS) is 20.9. The lowest BCUT2D eigenvalue weighted by Crippen LogP contribution is -2.59. The average Bonchev–Trinajstić information content (AvgIpc) is 2.98. The summed E-state index contributed by atoms with van der Waals surface area (Å²) < 4.78 is 0. The Morgan fingerprint density at radius 1 is 1.31 bits per heavy atom. The van der Waals surface area contributed by atoms with Crippen LogP contribution in [0.4, 0.5) is 0 Å². The zero-order chi connectivity index (χ0) is 21.0. The first-order chi connectivity index (χ1) is 13.9. The monoisotopic (exact) mass is 417 g/mol. The number of carbonyl (C=O) groups is 3. The summed E-state index contributed by atoms with van der Waals surface area (Å²) in [4.78, 5) is 40.8. The van der Waals surface area contributed by atoms with Gasteiger partial charge in [0.05, 0.1) is 22.8 Å². The second-order valence-electron chi connectivity index (χ2n) is 7.39. The summed E-state index contributed by atoms with van der Waals surface area (Å²) in [5, 5.41) is 12.9. The second kappa shape index (κ2) is 9.00. The first-order valence-electron chi connectivity index (χ1n) is 9.74. The van der Waals surface area contributed by atoms with Crippen LogP contribution in [0.2, 0.25) is 0 Å². The van der Waals surface area contributed by atoms with E-state index < -0.39 is 11.6 Å². The number of benzene rings is 1. The third kappa shape index (κ3) is 4.18. The quantitative estimate of drug-likeness (QED) is 0.660. The van der Waals surface area contributed by atoms with Crippen LogP contribution in [-0.2, 0) is 4.79 Å². The molecule has 7 nitrogen and oxygen atoms in total. The van der Waals surface area contributed by atoms with Crippen molar-refractivity contribution in [3.05, 3.63) is 48.0 Å². The van der Waals surface area contributed by atoms with E-state index in [-0.39, 0.29) is 29.0 Å². The molecular weight excluding hydrogens is 390 g/mol. The molecule has 29 heavy (non-hydrogen) atoms. The van der Waals surface area contributed by atoms with Crippen molar-refractivity contribution < 1.29 is 19.5 Å². The second-order valence-corrected chi connectivity index (χ2v) is 8.38. The molecule has 1 atom stereocenters. The lowest BCUT2D eigenvalue weighted by atomic mass is 9.94. The lowest BCUT2D eigenvalue weighted by Gasteiger charge is -2.44. The Bertz CT molecular complexity index is 805. The van der Waals surface area contributed by atoms with Crippen molar-refractivity contribution in [3.63, 3.8) is 0 Å². The van der Waals surface area contributed by atoms with Gasteiger partial charge in [0.25, 0.3) is 5.91 Å². The van der Waals surface area contributed by atoms with Gasteiger partial charge in [0.2, 0.25) is 5.91 Å². The molecule has 1 spiro atoms. The van der Waals surface area contributed by atoms with Crippen molar-refractivity contribution in [1.29, 1.82) is 0 Å². The van der Waals surface area contributed by atoms with Crippen LogP contribution in [0.1, 0.15) is 40.0 Å². The summed E-state index contributed by atoms with van der Waals surface area (Å²) in [6, 6.07) is 6.07. The number of aromatic carboxylic acids is 1. The molecule has 0 radical (unpaired) electrons. The van der Waals surface area contributed by atoms with Crippen LogP contribution in [0.3, 0.4) is 0 Å². The number of likely N-dealkylation sites (tertiary alicyclic amines) is 1. The molecular formula is C21H27N3O4S. The molecule has 8 heteroatoms. The minimum atomic E-state index is -1.11. The summed E-state index contributed by atoms with van der Waals surface area (Å²) in [6.45, 7) is 5.17. The number of hydrogen-bond donors (Lipinski definition) is 2. The van der Waals surface area contributed by atoms with Gasteiger partial charge < -0.3 is 14.9 Å². The van der Waals surface area contributed by atoms with Gasteiger partial charge in [0, 0.05) is 32.5 Å². The van der Waals surface area contributed by atoms with Gasteiger partial charge in [0.15, 0.2) is 0 Å². The van der Waals surface area contributed by atoms with Crippen LogP contribution in [0.15, 0.2) is 36.9 Å². The zero-order valence-electron chi connectivity index (χ0n) is 16.6. The minimum Gasteiger partial charge on any atom is -0.478 e. The highest BCUT2D eigenvalue weighted by atomic mass is 32.2. The van der Waals surface area contributed by atoms with Crippen molar-refractivity contribution in [1.82, 2.24) is 15.1 Å². The fourth-order valence-electron chi connectivity index (χ4n) is 4.21. The highest BCUT2D eigenvalue weighted by molar-refractivity contribution is 7.98. The van der Waals surface area contributed by atoms with Crippen molar-refractivity contribution in [2.75, 3.05) is 31.6 Å². The predicted molar refractivity (Wildman–Crippen MR) is 113 cm³/mol. The maximum atomic E-state index is 12.9. The molecule has 2 N–H and O–H groups in total. The van der Waals surface area contributed by atoms with Crippen molar-refractivity contribution >= 4 is 29.5 Å². The molecule has 2 aliphatic heterocycles. The van der Waals surface area contributed by atoms with Crippen molar-refractivity contribution in [3.8, 4) is 0 Å². The highest BCUT2D eigenvalue weighted by Crippen LogP contribution is 2.34. The number of amides is 2. The molecule has 0 saturated carbocycles. The van der Waals surface area contributed by atoms with E-state index in [0.717, 1.165) is 12.2 Å². The summed E-state index contributed by atoms with van der Waals surface area (Å²) in [5.41, 5.74) is -0.262. The number of thioether (sulfide) groups is 1. The van der Waals surface area contributed by atoms with Crippen LogP contribution >= 0.6 is 11.8 Å². The molecule has 1 aromatic carbocycles. The molecule has 2 amide bonds. The van der Waals surface area contributed by atoms with Crippen LogP contribution in [0, 0.1) is 0 Å². The predicted octanol–water partition coefficient (Wildman–Crippen LogP) is 2.06. The lowest BCUT2D eigenvalue weighted by molar-refractivity contribution is -0.132. The van der Waals surface area contributed by atoms with Crippen LogP contribution in [-0.4, -0.2) is 76.0 Å². The van der Waals surface area contributed by atoms with E-state index in [4.69, 9.17) is 0 Å². The Kier molecular flexibility index (Phi) is 6.64. The third-order valence-electron chi connectivity index (χ3n) is 5.71. The van der Waals surface area contributed by atoms with Gasteiger partial charge in [-0.15, -0.1) is 6.58 Å². The van der Waals surface area contributed by atoms with Gasteiger partial charge >= 0.3 is 5.97 Å². The number of carbonyl (C=O) groups excluding carboxylic acids is 2. The number of nitrogens with one attached hydrogen (secondary N) is 1. The topological polar surface area (TPSA) is 90.0 Å².